The summed E-state index contributed by atoms with van der Waals surface area (Å²) in [4.78, 5) is 11.0. The van der Waals surface area contributed by atoms with E-state index >= 15 is 0 Å². The quantitative estimate of drug-likeness (QED) is 0.849. The molecule has 0 aliphatic heterocycles. The fourth-order valence-corrected chi connectivity index (χ4v) is 1.64. The van der Waals surface area contributed by atoms with Gasteiger partial charge in [0.15, 0.2) is 17.3 Å². The third-order valence-corrected chi connectivity index (χ3v) is 2.72. The van der Waals surface area contributed by atoms with Crippen LogP contribution in [-0.2, 0) is 0 Å². The first-order valence-corrected chi connectivity index (χ1v) is 5.68. The van der Waals surface area contributed by atoms with Crippen LogP contribution in [0.15, 0.2) is 36.4 Å². The van der Waals surface area contributed by atoms with Gasteiger partial charge in [-0.05, 0) is 30.3 Å². The smallest absolute Gasteiger partial charge is 0.248 e. The number of primary amides is 1. The van der Waals surface area contributed by atoms with Crippen LogP contribution in [0.3, 0.4) is 0 Å². The second-order valence-corrected chi connectivity index (χ2v) is 4.18. The van der Waals surface area contributed by atoms with Crippen molar-refractivity contribution in [1.82, 2.24) is 0 Å². The second kappa shape index (κ2) is 5.16. The van der Waals surface area contributed by atoms with Gasteiger partial charge in [-0.25, -0.2) is 4.39 Å². The van der Waals surface area contributed by atoms with E-state index in [0.29, 0.717) is 0 Å². The molecule has 98 valence electrons. The molecular formula is C13H10ClFN2O2. The number of hydrogen-bond acceptors (Lipinski definition) is 3. The largest absolute Gasteiger partial charge is 0.452 e. The number of carbonyl (C=O) groups excluding carboxylic acids is 1. The molecule has 0 unspecified atom stereocenters. The van der Waals surface area contributed by atoms with Crippen molar-refractivity contribution in [2.75, 3.05) is 5.73 Å². The van der Waals surface area contributed by atoms with E-state index in [0.717, 1.165) is 0 Å². The van der Waals surface area contributed by atoms with Crippen molar-refractivity contribution in [2.45, 2.75) is 0 Å². The SMILES string of the molecule is NC(=O)c1ccc(Oc2cccc(Cl)c2F)c(N)c1. The number of halogens is 2. The lowest BCUT2D eigenvalue weighted by atomic mass is 10.2. The summed E-state index contributed by atoms with van der Waals surface area (Å²) in [5.74, 6) is -1.12. The first-order valence-electron chi connectivity index (χ1n) is 5.30. The van der Waals surface area contributed by atoms with Gasteiger partial charge in [-0.1, -0.05) is 17.7 Å². The minimum Gasteiger partial charge on any atom is -0.452 e. The number of nitrogen functional groups attached to an aromatic ring is 1. The van der Waals surface area contributed by atoms with Crippen molar-refractivity contribution in [1.29, 1.82) is 0 Å². The lowest BCUT2D eigenvalue weighted by molar-refractivity contribution is 0.100. The van der Waals surface area contributed by atoms with Crippen LogP contribution in [0.4, 0.5) is 10.1 Å². The Hall–Kier alpha value is -2.27. The zero-order valence-corrected chi connectivity index (χ0v) is 10.4. The number of ether oxygens (including phenoxy) is 1. The fourth-order valence-electron chi connectivity index (χ4n) is 1.48. The maximum absolute atomic E-state index is 13.7. The van der Waals surface area contributed by atoms with Gasteiger partial charge in [0.05, 0.1) is 10.7 Å². The molecule has 2 aromatic carbocycles. The maximum Gasteiger partial charge on any atom is 0.248 e. The van der Waals surface area contributed by atoms with Crippen molar-refractivity contribution >= 4 is 23.2 Å². The van der Waals surface area contributed by atoms with Gasteiger partial charge in [-0.2, -0.15) is 0 Å². The molecule has 0 aromatic heterocycles. The molecule has 0 bridgehead atoms. The molecule has 0 spiro atoms. The fraction of sp³-hybridized carbons (Fsp3) is 0. The van der Waals surface area contributed by atoms with Crippen molar-refractivity contribution < 1.29 is 13.9 Å². The van der Waals surface area contributed by atoms with Gasteiger partial charge in [-0.3, -0.25) is 4.79 Å². The van der Waals surface area contributed by atoms with Crippen LogP contribution >= 0.6 is 11.6 Å². The van der Waals surface area contributed by atoms with Gasteiger partial charge < -0.3 is 16.2 Å². The van der Waals surface area contributed by atoms with Crippen LogP contribution in [0, 0.1) is 5.82 Å². The summed E-state index contributed by atoms with van der Waals surface area (Å²) >= 11 is 5.64. The molecule has 4 N–H and O–H groups in total. The first kappa shape index (κ1) is 13.2. The van der Waals surface area contributed by atoms with E-state index in [4.69, 9.17) is 27.8 Å². The molecule has 0 saturated heterocycles. The summed E-state index contributed by atoms with van der Waals surface area (Å²) in [6.07, 6.45) is 0. The summed E-state index contributed by atoms with van der Waals surface area (Å²) in [6.45, 7) is 0. The molecule has 0 atom stereocenters. The Morgan fingerprint density at radius 2 is 1.95 bits per heavy atom. The molecule has 1 amide bonds. The number of rotatable bonds is 3. The Kier molecular flexibility index (Phi) is 3.57. The van der Waals surface area contributed by atoms with E-state index in [-0.39, 0.29) is 27.8 Å². The minimum absolute atomic E-state index is 0.0500. The number of nitrogens with two attached hydrogens (primary N) is 2. The van der Waals surface area contributed by atoms with Crippen molar-refractivity contribution in [3.05, 3.63) is 52.8 Å². The minimum atomic E-state index is -0.678. The number of hydrogen-bond donors (Lipinski definition) is 2. The van der Waals surface area contributed by atoms with Gasteiger partial charge in [0, 0.05) is 5.56 Å². The van der Waals surface area contributed by atoms with E-state index in [9.17, 15) is 9.18 Å². The van der Waals surface area contributed by atoms with Crippen LogP contribution in [-0.4, -0.2) is 5.91 Å². The lowest BCUT2D eigenvalue weighted by Crippen LogP contribution is -2.11. The van der Waals surface area contributed by atoms with Gasteiger partial charge in [-0.15, -0.1) is 0 Å². The van der Waals surface area contributed by atoms with Crippen LogP contribution in [0.1, 0.15) is 10.4 Å². The van der Waals surface area contributed by atoms with E-state index in [1.54, 1.807) is 6.07 Å². The van der Waals surface area contributed by atoms with Gasteiger partial charge >= 0.3 is 0 Å². The monoisotopic (exact) mass is 280 g/mol. The normalized spacial score (nSPS) is 10.2. The summed E-state index contributed by atoms with van der Waals surface area (Å²) in [5.41, 5.74) is 11.2. The highest BCUT2D eigenvalue weighted by atomic mass is 35.5. The van der Waals surface area contributed by atoms with Crippen molar-refractivity contribution in [3.8, 4) is 11.5 Å². The lowest BCUT2D eigenvalue weighted by Gasteiger charge is -2.10. The highest BCUT2D eigenvalue weighted by molar-refractivity contribution is 6.30. The van der Waals surface area contributed by atoms with Crippen LogP contribution in [0.5, 0.6) is 11.5 Å². The number of benzene rings is 2. The Morgan fingerprint density at radius 3 is 2.58 bits per heavy atom. The van der Waals surface area contributed by atoms with E-state index in [1.165, 1.54) is 30.3 Å². The van der Waals surface area contributed by atoms with Crippen LogP contribution < -0.4 is 16.2 Å². The summed E-state index contributed by atoms with van der Waals surface area (Å²) in [6, 6.07) is 8.62. The predicted octanol–water partition coefficient (Wildman–Crippen LogP) is 2.95. The van der Waals surface area contributed by atoms with Gasteiger partial charge in [0.1, 0.15) is 0 Å². The highest BCUT2D eigenvalue weighted by Crippen LogP contribution is 2.32. The number of amides is 1. The average molecular weight is 281 g/mol. The van der Waals surface area contributed by atoms with Crippen molar-refractivity contribution in [2.24, 2.45) is 5.73 Å². The third kappa shape index (κ3) is 2.77. The van der Waals surface area contributed by atoms with Gasteiger partial charge in [0.25, 0.3) is 0 Å². The molecular weight excluding hydrogens is 271 g/mol. The van der Waals surface area contributed by atoms with Crippen molar-refractivity contribution in [3.63, 3.8) is 0 Å². The highest BCUT2D eigenvalue weighted by Gasteiger charge is 2.11. The van der Waals surface area contributed by atoms with Gasteiger partial charge in [0.2, 0.25) is 5.91 Å². The summed E-state index contributed by atoms with van der Waals surface area (Å²) < 4.78 is 19.0. The molecule has 0 radical (unpaired) electrons. The molecule has 0 aliphatic rings. The molecule has 2 aromatic rings. The van der Waals surface area contributed by atoms with E-state index in [2.05, 4.69) is 0 Å². The number of anilines is 1. The summed E-state index contributed by atoms with van der Waals surface area (Å²) in [5, 5.41) is -0.0511. The van der Waals surface area contributed by atoms with E-state index < -0.39 is 11.7 Å². The third-order valence-electron chi connectivity index (χ3n) is 2.43. The molecule has 0 aliphatic carbocycles. The maximum atomic E-state index is 13.7. The zero-order valence-electron chi connectivity index (χ0n) is 9.69. The second-order valence-electron chi connectivity index (χ2n) is 3.77. The number of carbonyl (C=O) groups is 1. The summed E-state index contributed by atoms with van der Waals surface area (Å²) in [7, 11) is 0. The molecule has 6 heteroatoms. The molecule has 0 fully saturated rings. The average Bonchev–Trinajstić information content (AvgIpc) is 2.37. The zero-order chi connectivity index (χ0) is 14.0. The van der Waals surface area contributed by atoms with Crippen LogP contribution in [0.2, 0.25) is 5.02 Å². The molecule has 19 heavy (non-hydrogen) atoms. The molecule has 0 saturated carbocycles. The standard InChI is InChI=1S/C13H10ClFN2O2/c14-8-2-1-3-11(12(8)15)19-10-5-4-7(13(17)18)6-9(10)16/h1-6H,16H2,(H2,17,18). The Labute approximate surface area is 113 Å². The predicted molar refractivity (Wildman–Crippen MR) is 70.9 cm³/mol. The molecule has 0 heterocycles. The molecule has 2 rings (SSSR count). The first-order chi connectivity index (χ1) is 8.99. The molecule has 4 nitrogen and oxygen atoms in total. The topological polar surface area (TPSA) is 78.3 Å². The Morgan fingerprint density at radius 1 is 1.21 bits per heavy atom. The van der Waals surface area contributed by atoms with Crippen LogP contribution in [0.25, 0.3) is 0 Å². The Bertz CT molecular complexity index is 647. The Balaban J connectivity index is 2.34. The van der Waals surface area contributed by atoms with E-state index in [1.807, 2.05) is 0 Å².